The SMILES string of the molecule is Cc1nc(NCCNC(=O)c2ccccc2S(=O)(=O)C(F)F)cc(-n2cccc2)n1. The first-order chi connectivity index (χ1) is 14.3. The van der Waals surface area contributed by atoms with Crippen molar-refractivity contribution in [3.8, 4) is 5.82 Å². The lowest BCUT2D eigenvalue weighted by molar-refractivity contribution is 0.0951. The number of benzene rings is 1. The number of rotatable bonds is 8. The topological polar surface area (TPSA) is 106 Å². The van der Waals surface area contributed by atoms with Gasteiger partial charge in [-0.3, -0.25) is 4.79 Å². The number of nitrogens with zero attached hydrogens (tertiary/aromatic N) is 3. The van der Waals surface area contributed by atoms with Crippen LogP contribution in [0.3, 0.4) is 0 Å². The maximum absolute atomic E-state index is 12.9. The third-order valence-corrected chi connectivity index (χ3v) is 5.52. The summed E-state index contributed by atoms with van der Waals surface area (Å²) in [6.07, 6.45) is 3.69. The van der Waals surface area contributed by atoms with Crippen molar-refractivity contribution in [2.75, 3.05) is 18.4 Å². The summed E-state index contributed by atoms with van der Waals surface area (Å²) in [5.41, 5.74) is -0.328. The molecule has 0 fully saturated rings. The highest BCUT2D eigenvalue weighted by molar-refractivity contribution is 7.91. The number of aryl methyl sites for hydroxylation is 1. The molecular weight excluding hydrogens is 416 g/mol. The Morgan fingerprint density at radius 1 is 1.10 bits per heavy atom. The first-order valence-electron chi connectivity index (χ1n) is 8.91. The lowest BCUT2D eigenvalue weighted by Crippen LogP contribution is -2.30. The molecule has 0 aliphatic rings. The second-order valence-corrected chi connectivity index (χ2v) is 8.12. The average molecular weight is 435 g/mol. The highest BCUT2D eigenvalue weighted by atomic mass is 32.2. The van der Waals surface area contributed by atoms with Crippen molar-refractivity contribution < 1.29 is 22.0 Å². The Labute approximate surface area is 171 Å². The van der Waals surface area contributed by atoms with Crippen molar-refractivity contribution in [3.05, 3.63) is 66.2 Å². The van der Waals surface area contributed by atoms with E-state index in [1.807, 2.05) is 29.1 Å². The molecular formula is C19H19F2N5O3S. The minimum Gasteiger partial charge on any atom is -0.368 e. The Morgan fingerprint density at radius 2 is 1.80 bits per heavy atom. The Kier molecular flexibility index (Phi) is 6.40. The zero-order chi connectivity index (χ0) is 21.7. The van der Waals surface area contributed by atoms with E-state index in [4.69, 9.17) is 0 Å². The molecule has 0 unspecified atom stereocenters. The zero-order valence-corrected chi connectivity index (χ0v) is 16.7. The van der Waals surface area contributed by atoms with Gasteiger partial charge in [-0.15, -0.1) is 0 Å². The second-order valence-electron chi connectivity index (χ2n) is 6.23. The van der Waals surface area contributed by atoms with E-state index >= 15 is 0 Å². The van der Waals surface area contributed by atoms with Crippen LogP contribution in [-0.4, -0.2) is 47.7 Å². The molecule has 158 valence electrons. The van der Waals surface area contributed by atoms with Gasteiger partial charge < -0.3 is 15.2 Å². The Bertz CT molecular complexity index is 1130. The van der Waals surface area contributed by atoms with Crippen LogP contribution >= 0.6 is 0 Å². The number of carbonyl (C=O) groups excluding carboxylic acids is 1. The molecule has 1 amide bonds. The molecule has 8 nitrogen and oxygen atoms in total. The average Bonchev–Trinajstić information content (AvgIpc) is 3.25. The number of nitrogens with one attached hydrogen (secondary N) is 2. The molecule has 0 aliphatic heterocycles. The van der Waals surface area contributed by atoms with Crippen LogP contribution < -0.4 is 10.6 Å². The van der Waals surface area contributed by atoms with Crippen LogP contribution in [-0.2, 0) is 9.84 Å². The minimum absolute atomic E-state index is 0.115. The van der Waals surface area contributed by atoms with Crippen LogP contribution in [0.2, 0.25) is 0 Å². The molecule has 0 spiro atoms. The van der Waals surface area contributed by atoms with Gasteiger partial charge in [-0.2, -0.15) is 8.78 Å². The summed E-state index contributed by atoms with van der Waals surface area (Å²) in [5, 5.41) is 5.56. The molecule has 11 heteroatoms. The fourth-order valence-corrected chi connectivity index (χ4v) is 3.65. The van der Waals surface area contributed by atoms with Crippen LogP contribution in [0.1, 0.15) is 16.2 Å². The molecule has 0 aliphatic carbocycles. The standard InChI is InChI=1S/C19H19F2N5O3S/c1-13-24-16(12-17(25-13)26-10-4-5-11-26)22-8-9-23-18(27)14-6-2-3-7-15(14)30(28,29)19(20)21/h2-7,10-12,19H,8-9H2,1H3,(H,23,27)(H,22,24,25). The largest absolute Gasteiger partial charge is 0.368 e. The molecule has 3 rings (SSSR count). The van der Waals surface area contributed by atoms with Crippen molar-refractivity contribution in [1.82, 2.24) is 19.9 Å². The predicted molar refractivity (Wildman–Crippen MR) is 107 cm³/mol. The monoisotopic (exact) mass is 435 g/mol. The molecule has 2 aromatic heterocycles. The molecule has 0 atom stereocenters. The molecule has 30 heavy (non-hydrogen) atoms. The van der Waals surface area contributed by atoms with Crippen LogP contribution in [0.5, 0.6) is 0 Å². The first kappa shape index (κ1) is 21.4. The molecule has 0 radical (unpaired) electrons. The van der Waals surface area contributed by atoms with E-state index in [1.165, 1.54) is 18.2 Å². The number of alkyl halides is 2. The van der Waals surface area contributed by atoms with Crippen molar-refractivity contribution in [2.24, 2.45) is 0 Å². The number of amides is 1. The maximum Gasteiger partial charge on any atom is 0.341 e. The van der Waals surface area contributed by atoms with E-state index in [2.05, 4.69) is 20.6 Å². The van der Waals surface area contributed by atoms with E-state index in [9.17, 15) is 22.0 Å². The maximum atomic E-state index is 12.9. The highest BCUT2D eigenvalue weighted by Gasteiger charge is 2.30. The van der Waals surface area contributed by atoms with Gasteiger partial charge in [0.15, 0.2) is 0 Å². The van der Waals surface area contributed by atoms with Gasteiger partial charge in [0, 0.05) is 31.5 Å². The summed E-state index contributed by atoms with van der Waals surface area (Å²) >= 11 is 0. The van der Waals surface area contributed by atoms with E-state index < -0.39 is 26.4 Å². The number of aromatic nitrogens is 3. The van der Waals surface area contributed by atoms with Gasteiger partial charge in [-0.25, -0.2) is 18.4 Å². The van der Waals surface area contributed by atoms with Gasteiger partial charge in [0.1, 0.15) is 17.5 Å². The van der Waals surface area contributed by atoms with Gasteiger partial charge in [-0.05, 0) is 31.2 Å². The first-order valence-corrected chi connectivity index (χ1v) is 10.5. The fourth-order valence-electron chi connectivity index (χ4n) is 2.72. The summed E-state index contributed by atoms with van der Waals surface area (Å²) in [5.74, 6) is -2.60. The van der Waals surface area contributed by atoms with Crippen molar-refractivity contribution in [1.29, 1.82) is 0 Å². The smallest absolute Gasteiger partial charge is 0.341 e. The predicted octanol–water partition coefficient (Wildman–Crippen LogP) is 2.41. The van der Waals surface area contributed by atoms with Crippen molar-refractivity contribution in [3.63, 3.8) is 0 Å². The normalized spacial score (nSPS) is 11.5. The highest BCUT2D eigenvalue weighted by Crippen LogP contribution is 2.22. The van der Waals surface area contributed by atoms with E-state index in [0.717, 1.165) is 6.07 Å². The lowest BCUT2D eigenvalue weighted by Gasteiger charge is -2.12. The van der Waals surface area contributed by atoms with E-state index in [1.54, 1.807) is 13.0 Å². The van der Waals surface area contributed by atoms with Crippen LogP contribution in [0.15, 0.2) is 59.8 Å². The quantitative estimate of drug-likeness (QED) is 0.527. The summed E-state index contributed by atoms with van der Waals surface area (Å²) < 4.78 is 51.1. The third kappa shape index (κ3) is 4.79. The number of hydrogen-bond donors (Lipinski definition) is 2. The van der Waals surface area contributed by atoms with Crippen LogP contribution in [0, 0.1) is 6.92 Å². The Balaban J connectivity index is 1.63. The van der Waals surface area contributed by atoms with E-state index in [0.29, 0.717) is 17.5 Å². The Hall–Kier alpha value is -3.34. The molecule has 3 aromatic rings. The lowest BCUT2D eigenvalue weighted by atomic mass is 10.2. The third-order valence-electron chi connectivity index (χ3n) is 4.08. The molecule has 2 N–H and O–H groups in total. The summed E-state index contributed by atoms with van der Waals surface area (Å²) in [7, 11) is -4.89. The fraction of sp³-hybridized carbons (Fsp3) is 0.211. The van der Waals surface area contributed by atoms with Crippen molar-refractivity contribution in [2.45, 2.75) is 17.6 Å². The van der Waals surface area contributed by atoms with E-state index in [-0.39, 0.29) is 18.7 Å². The summed E-state index contributed by atoms with van der Waals surface area (Å²) in [6.45, 7) is 2.14. The van der Waals surface area contributed by atoms with Crippen molar-refractivity contribution >= 4 is 21.6 Å². The molecule has 1 aromatic carbocycles. The zero-order valence-electron chi connectivity index (χ0n) is 15.9. The number of sulfone groups is 1. The number of halogens is 2. The molecule has 2 heterocycles. The molecule has 0 saturated heterocycles. The number of anilines is 1. The van der Waals surface area contributed by atoms with Gasteiger partial charge in [0.25, 0.3) is 5.91 Å². The minimum atomic E-state index is -4.89. The summed E-state index contributed by atoms with van der Waals surface area (Å²) in [6, 6.07) is 10.3. The summed E-state index contributed by atoms with van der Waals surface area (Å²) in [4.78, 5) is 20.2. The molecule has 0 saturated carbocycles. The van der Waals surface area contributed by atoms with Gasteiger partial charge >= 0.3 is 5.76 Å². The van der Waals surface area contributed by atoms with Gasteiger partial charge in [-0.1, -0.05) is 12.1 Å². The van der Waals surface area contributed by atoms with Crippen LogP contribution in [0.25, 0.3) is 5.82 Å². The van der Waals surface area contributed by atoms with Crippen LogP contribution in [0.4, 0.5) is 14.6 Å². The van der Waals surface area contributed by atoms with Gasteiger partial charge in [0.2, 0.25) is 9.84 Å². The van der Waals surface area contributed by atoms with Gasteiger partial charge in [0.05, 0.1) is 10.5 Å². The number of hydrogen-bond acceptors (Lipinski definition) is 6. The number of carbonyl (C=O) groups is 1. The Morgan fingerprint density at radius 3 is 2.50 bits per heavy atom. The molecule has 0 bridgehead atoms. The second kappa shape index (κ2) is 8.99.